The van der Waals surface area contributed by atoms with Crippen LogP contribution in [-0.2, 0) is 19.1 Å². The largest absolute Gasteiger partial charge is 0.463 e. The molecule has 0 aliphatic rings. The SMILES string of the molecule is CCC#CC(CC(C)C)OC(=O)CCC(=O)OCC(Cl)Cl. The minimum atomic E-state index is -0.763. The van der Waals surface area contributed by atoms with Gasteiger partial charge in [-0.15, -0.1) is 23.2 Å². The Hall–Kier alpha value is -0.920. The van der Waals surface area contributed by atoms with Crippen molar-refractivity contribution in [1.82, 2.24) is 0 Å². The average molecular weight is 337 g/mol. The van der Waals surface area contributed by atoms with Crippen LogP contribution in [-0.4, -0.2) is 29.5 Å². The number of alkyl halides is 2. The molecular weight excluding hydrogens is 315 g/mol. The summed E-state index contributed by atoms with van der Waals surface area (Å²) in [6.45, 7) is 5.90. The molecule has 21 heavy (non-hydrogen) atoms. The molecule has 120 valence electrons. The zero-order valence-corrected chi connectivity index (χ0v) is 14.2. The first-order valence-electron chi connectivity index (χ1n) is 6.96. The van der Waals surface area contributed by atoms with Crippen LogP contribution in [0.3, 0.4) is 0 Å². The lowest BCUT2D eigenvalue weighted by Gasteiger charge is -2.14. The van der Waals surface area contributed by atoms with E-state index in [0.717, 1.165) is 0 Å². The summed E-state index contributed by atoms with van der Waals surface area (Å²) >= 11 is 10.9. The highest BCUT2D eigenvalue weighted by molar-refractivity contribution is 6.44. The molecule has 0 spiro atoms. The van der Waals surface area contributed by atoms with Gasteiger partial charge in [0.25, 0.3) is 0 Å². The van der Waals surface area contributed by atoms with Crippen LogP contribution in [0.25, 0.3) is 0 Å². The Bertz CT molecular complexity index is 383. The Kier molecular flexibility index (Phi) is 11.2. The molecule has 0 fully saturated rings. The highest BCUT2D eigenvalue weighted by atomic mass is 35.5. The van der Waals surface area contributed by atoms with Crippen LogP contribution in [0.15, 0.2) is 0 Å². The van der Waals surface area contributed by atoms with Crippen molar-refractivity contribution in [3.8, 4) is 11.8 Å². The molecule has 0 aromatic carbocycles. The second-order valence-corrected chi connectivity index (χ2v) is 6.13. The van der Waals surface area contributed by atoms with Crippen LogP contribution in [0, 0.1) is 17.8 Å². The maximum Gasteiger partial charge on any atom is 0.307 e. The summed E-state index contributed by atoms with van der Waals surface area (Å²) in [5.74, 6) is 5.20. The van der Waals surface area contributed by atoms with Gasteiger partial charge in [0.15, 0.2) is 6.10 Å². The average Bonchev–Trinajstić information content (AvgIpc) is 2.39. The molecule has 1 unspecified atom stereocenters. The summed E-state index contributed by atoms with van der Waals surface area (Å²) in [5, 5.41) is 0. The van der Waals surface area contributed by atoms with Crippen LogP contribution < -0.4 is 0 Å². The van der Waals surface area contributed by atoms with Crippen molar-refractivity contribution in [1.29, 1.82) is 0 Å². The molecule has 0 radical (unpaired) electrons. The molecule has 6 heteroatoms. The van der Waals surface area contributed by atoms with Crippen LogP contribution in [0.2, 0.25) is 0 Å². The number of halogens is 2. The molecule has 0 aromatic rings. The minimum Gasteiger partial charge on any atom is -0.463 e. The molecule has 0 saturated carbocycles. The fourth-order valence-electron chi connectivity index (χ4n) is 1.43. The highest BCUT2D eigenvalue weighted by Gasteiger charge is 2.16. The van der Waals surface area contributed by atoms with Gasteiger partial charge in [-0.1, -0.05) is 32.6 Å². The Labute approximate surface area is 136 Å². The van der Waals surface area contributed by atoms with E-state index < -0.39 is 22.9 Å². The number of hydrogen-bond acceptors (Lipinski definition) is 4. The highest BCUT2D eigenvalue weighted by Crippen LogP contribution is 2.10. The molecule has 0 bridgehead atoms. The van der Waals surface area contributed by atoms with Crippen molar-refractivity contribution in [2.45, 2.75) is 57.4 Å². The summed E-state index contributed by atoms with van der Waals surface area (Å²) in [5.41, 5.74) is 0. The first-order valence-corrected chi connectivity index (χ1v) is 7.84. The number of esters is 2. The van der Waals surface area contributed by atoms with Crippen LogP contribution in [0.4, 0.5) is 0 Å². The summed E-state index contributed by atoms with van der Waals surface area (Å²) in [7, 11) is 0. The topological polar surface area (TPSA) is 52.6 Å². The predicted molar refractivity (Wildman–Crippen MR) is 83.1 cm³/mol. The van der Waals surface area contributed by atoms with Crippen molar-refractivity contribution < 1.29 is 19.1 Å². The lowest BCUT2D eigenvalue weighted by Crippen LogP contribution is -2.20. The molecule has 0 aliphatic heterocycles. The summed E-state index contributed by atoms with van der Waals surface area (Å²) in [6.07, 6.45) is 0.842. The van der Waals surface area contributed by atoms with E-state index in [-0.39, 0.29) is 19.4 Å². The zero-order valence-electron chi connectivity index (χ0n) is 12.7. The quantitative estimate of drug-likeness (QED) is 0.387. The van der Waals surface area contributed by atoms with E-state index in [4.69, 9.17) is 32.7 Å². The molecule has 0 saturated heterocycles. The van der Waals surface area contributed by atoms with Crippen molar-refractivity contribution in [3.63, 3.8) is 0 Å². The van der Waals surface area contributed by atoms with E-state index in [1.54, 1.807) is 0 Å². The van der Waals surface area contributed by atoms with Gasteiger partial charge in [-0.05, 0) is 12.3 Å². The molecule has 0 aromatic heterocycles. The van der Waals surface area contributed by atoms with Gasteiger partial charge in [-0.2, -0.15) is 0 Å². The van der Waals surface area contributed by atoms with Gasteiger partial charge in [-0.25, -0.2) is 0 Å². The number of rotatable bonds is 8. The predicted octanol–water partition coefficient (Wildman–Crippen LogP) is 3.48. The molecule has 0 aliphatic carbocycles. The normalized spacial score (nSPS) is 11.8. The van der Waals surface area contributed by atoms with Gasteiger partial charge >= 0.3 is 11.9 Å². The summed E-state index contributed by atoms with van der Waals surface area (Å²) in [4.78, 5) is 22.2. The second kappa shape index (κ2) is 11.7. The number of carbonyl (C=O) groups is 2. The second-order valence-electron chi connectivity index (χ2n) is 4.86. The smallest absolute Gasteiger partial charge is 0.307 e. The Morgan fingerprint density at radius 2 is 1.76 bits per heavy atom. The Morgan fingerprint density at radius 3 is 2.29 bits per heavy atom. The Morgan fingerprint density at radius 1 is 1.14 bits per heavy atom. The lowest BCUT2D eigenvalue weighted by molar-refractivity contribution is -0.152. The van der Waals surface area contributed by atoms with Crippen molar-refractivity contribution >= 4 is 35.1 Å². The molecule has 0 rings (SSSR count). The van der Waals surface area contributed by atoms with E-state index >= 15 is 0 Å². The number of hydrogen-bond donors (Lipinski definition) is 0. The lowest BCUT2D eigenvalue weighted by atomic mass is 10.1. The molecule has 1 atom stereocenters. The fourth-order valence-corrected chi connectivity index (χ4v) is 1.56. The monoisotopic (exact) mass is 336 g/mol. The van der Waals surface area contributed by atoms with Crippen LogP contribution >= 0.6 is 23.2 Å². The molecule has 0 heterocycles. The first-order chi connectivity index (χ1) is 9.85. The molecule has 0 N–H and O–H groups in total. The maximum absolute atomic E-state index is 11.7. The minimum absolute atomic E-state index is 0.0452. The number of carbonyl (C=O) groups excluding carboxylic acids is 2. The van der Waals surface area contributed by atoms with Gasteiger partial charge in [0, 0.05) is 6.42 Å². The molecular formula is C15H22Cl2O4. The van der Waals surface area contributed by atoms with E-state index in [0.29, 0.717) is 18.8 Å². The first kappa shape index (κ1) is 20.1. The fraction of sp³-hybridized carbons (Fsp3) is 0.733. The van der Waals surface area contributed by atoms with Gasteiger partial charge in [-0.3, -0.25) is 9.59 Å². The third-order valence-electron chi connectivity index (χ3n) is 2.30. The van der Waals surface area contributed by atoms with E-state index in [1.807, 2.05) is 20.8 Å². The summed E-state index contributed by atoms with van der Waals surface area (Å²) < 4.78 is 10.0. The van der Waals surface area contributed by atoms with Gasteiger partial charge < -0.3 is 9.47 Å². The molecule has 4 nitrogen and oxygen atoms in total. The van der Waals surface area contributed by atoms with E-state index in [2.05, 4.69) is 11.8 Å². The maximum atomic E-state index is 11.7. The van der Waals surface area contributed by atoms with Crippen molar-refractivity contribution in [2.24, 2.45) is 5.92 Å². The number of ether oxygens (including phenoxy) is 2. The van der Waals surface area contributed by atoms with Crippen molar-refractivity contribution in [3.05, 3.63) is 0 Å². The third kappa shape index (κ3) is 12.5. The van der Waals surface area contributed by atoms with Crippen LogP contribution in [0.5, 0.6) is 0 Å². The van der Waals surface area contributed by atoms with E-state index in [9.17, 15) is 9.59 Å². The third-order valence-corrected chi connectivity index (χ3v) is 2.55. The molecule has 0 amide bonds. The van der Waals surface area contributed by atoms with E-state index in [1.165, 1.54) is 0 Å². The zero-order chi connectivity index (χ0) is 16.3. The van der Waals surface area contributed by atoms with Crippen molar-refractivity contribution in [2.75, 3.05) is 6.61 Å². The Balaban J connectivity index is 4.16. The standard InChI is InChI=1S/C15H22Cl2O4/c1-4-5-6-12(9-11(2)3)21-15(19)8-7-14(18)20-10-13(16)17/h11-13H,4,7-10H2,1-3H3. The van der Waals surface area contributed by atoms with Gasteiger partial charge in [0.05, 0.1) is 12.8 Å². The van der Waals surface area contributed by atoms with Gasteiger partial charge in [0.2, 0.25) is 0 Å². The summed E-state index contributed by atoms with van der Waals surface area (Å²) in [6, 6.07) is 0. The van der Waals surface area contributed by atoms with Gasteiger partial charge in [0.1, 0.15) is 11.4 Å². The van der Waals surface area contributed by atoms with Crippen LogP contribution in [0.1, 0.15) is 46.5 Å².